The van der Waals surface area contributed by atoms with Gasteiger partial charge in [0.15, 0.2) is 0 Å². The van der Waals surface area contributed by atoms with E-state index in [1.165, 1.54) is 11.3 Å². The summed E-state index contributed by atoms with van der Waals surface area (Å²) < 4.78 is 5.19. The number of piperazine rings is 1. The van der Waals surface area contributed by atoms with E-state index in [1.807, 2.05) is 32.0 Å². The summed E-state index contributed by atoms with van der Waals surface area (Å²) >= 11 is 7.61. The highest BCUT2D eigenvalue weighted by Crippen LogP contribution is 2.27. The van der Waals surface area contributed by atoms with Gasteiger partial charge < -0.3 is 15.0 Å². The van der Waals surface area contributed by atoms with E-state index in [1.54, 1.807) is 19.4 Å². The molecule has 1 aliphatic heterocycles. The molecule has 1 amide bonds. The Morgan fingerprint density at radius 3 is 2.74 bits per heavy atom. The standard InChI is InChI=1S/C24H29ClN6O2S/c1-16-5-4-6-19(25)23(16)29-24(32)20-15-26-22(34-20)14-18-13-21(28-17(2)27-18)31-9-7-30(8-10-31)11-12-33-3/h4-6,13,15H,7-12,14H2,1-3H3,(H,29,32). The number of aromatic nitrogens is 3. The number of hydrogen-bond donors (Lipinski definition) is 1. The van der Waals surface area contributed by atoms with E-state index < -0.39 is 0 Å². The monoisotopic (exact) mass is 500 g/mol. The number of ether oxygens (including phenoxy) is 1. The van der Waals surface area contributed by atoms with Crippen molar-refractivity contribution in [2.24, 2.45) is 0 Å². The average molecular weight is 501 g/mol. The van der Waals surface area contributed by atoms with E-state index in [2.05, 4.69) is 30.1 Å². The van der Waals surface area contributed by atoms with Crippen molar-refractivity contribution in [1.82, 2.24) is 19.9 Å². The van der Waals surface area contributed by atoms with Crippen molar-refractivity contribution in [2.75, 3.05) is 56.7 Å². The summed E-state index contributed by atoms with van der Waals surface area (Å²) in [4.78, 5) is 31.7. The molecule has 0 spiro atoms. The summed E-state index contributed by atoms with van der Waals surface area (Å²) in [6.45, 7) is 9.33. The summed E-state index contributed by atoms with van der Waals surface area (Å²) in [6.07, 6.45) is 2.16. The molecule has 1 N–H and O–H groups in total. The Hall–Kier alpha value is -2.59. The summed E-state index contributed by atoms with van der Waals surface area (Å²) in [5, 5.41) is 4.25. The van der Waals surface area contributed by atoms with Crippen LogP contribution in [0.3, 0.4) is 0 Å². The molecule has 180 valence electrons. The first kappa shape index (κ1) is 24.5. The van der Waals surface area contributed by atoms with Gasteiger partial charge in [0.25, 0.3) is 5.91 Å². The number of halogens is 1. The molecule has 2 aromatic heterocycles. The molecule has 8 nitrogen and oxygen atoms in total. The second-order valence-electron chi connectivity index (χ2n) is 8.27. The molecule has 4 rings (SSSR count). The van der Waals surface area contributed by atoms with Crippen molar-refractivity contribution in [3.63, 3.8) is 0 Å². The van der Waals surface area contributed by atoms with E-state index >= 15 is 0 Å². The van der Waals surface area contributed by atoms with Crippen LogP contribution in [-0.4, -0.2) is 72.2 Å². The van der Waals surface area contributed by atoms with Crippen LogP contribution >= 0.6 is 22.9 Å². The number of nitrogens with zero attached hydrogens (tertiary/aromatic N) is 5. The third kappa shape index (κ3) is 6.09. The normalized spacial score (nSPS) is 14.4. The molecule has 0 atom stereocenters. The van der Waals surface area contributed by atoms with Crippen LogP contribution in [0.1, 0.15) is 31.8 Å². The lowest BCUT2D eigenvalue weighted by Gasteiger charge is -2.35. The molecule has 1 saturated heterocycles. The predicted molar refractivity (Wildman–Crippen MR) is 136 cm³/mol. The van der Waals surface area contributed by atoms with Gasteiger partial charge in [-0.2, -0.15) is 0 Å². The van der Waals surface area contributed by atoms with Gasteiger partial charge in [0.1, 0.15) is 16.5 Å². The fraction of sp³-hybridized carbons (Fsp3) is 0.417. The van der Waals surface area contributed by atoms with E-state index in [0.717, 1.165) is 67.2 Å². The number of amides is 1. The van der Waals surface area contributed by atoms with Crippen molar-refractivity contribution < 1.29 is 9.53 Å². The highest BCUT2D eigenvalue weighted by Gasteiger charge is 2.19. The molecule has 0 saturated carbocycles. The minimum absolute atomic E-state index is 0.217. The lowest BCUT2D eigenvalue weighted by atomic mass is 10.2. The second kappa shape index (κ2) is 11.2. The number of anilines is 2. The van der Waals surface area contributed by atoms with Crippen molar-refractivity contribution >= 4 is 40.4 Å². The van der Waals surface area contributed by atoms with Gasteiger partial charge >= 0.3 is 0 Å². The lowest BCUT2D eigenvalue weighted by Crippen LogP contribution is -2.47. The quantitative estimate of drug-likeness (QED) is 0.503. The van der Waals surface area contributed by atoms with Gasteiger partial charge in [0.2, 0.25) is 0 Å². The molecule has 0 aliphatic carbocycles. The predicted octanol–water partition coefficient (Wildman–Crippen LogP) is 3.81. The van der Waals surface area contributed by atoms with Gasteiger partial charge in [-0.05, 0) is 25.5 Å². The Kier molecular flexibility index (Phi) is 8.10. The molecule has 10 heteroatoms. The van der Waals surface area contributed by atoms with Gasteiger partial charge in [-0.3, -0.25) is 9.69 Å². The number of methoxy groups -OCH3 is 1. The van der Waals surface area contributed by atoms with E-state index in [-0.39, 0.29) is 5.91 Å². The number of para-hydroxylation sites is 1. The number of hydrogen-bond acceptors (Lipinski definition) is 8. The number of rotatable bonds is 8. The lowest BCUT2D eigenvalue weighted by molar-refractivity contribution is 0.103. The van der Waals surface area contributed by atoms with E-state index in [0.29, 0.717) is 22.0 Å². The van der Waals surface area contributed by atoms with Crippen LogP contribution in [0.4, 0.5) is 11.5 Å². The summed E-state index contributed by atoms with van der Waals surface area (Å²) in [5.41, 5.74) is 2.43. The topological polar surface area (TPSA) is 83.5 Å². The maximum Gasteiger partial charge on any atom is 0.267 e. The molecule has 0 radical (unpaired) electrons. The maximum atomic E-state index is 12.7. The third-order valence-electron chi connectivity index (χ3n) is 5.76. The third-order valence-corrected chi connectivity index (χ3v) is 7.07. The van der Waals surface area contributed by atoms with Crippen LogP contribution < -0.4 is 10.2 Å². The zero-order chi connectivity index (χ0) is 24.1. The van der Waals surface area contributed by atoms with Crippen LogP contribution in [-0.2, 0) is 11.2 Å². The molecule has 3 aromatic rings. The zero-order valence-electron chi connectivity index (χ0n) is 19.7. The average Bonchev–Trinajstić information content (AvgIpc) is 3.28. The molecule has 34 heavy (non-hydrogen) atoms. The number of nitrogens with one attached hydrogen (secondary N) is 1. The molecule has 1 aromatic carbocycles. The first-order valence-electron chi connectivity index (χ1n) is 11.2. The van der Waals surface area contributed by atoms with Crippen LogP contribution in [0.5, 0.6) is 0 Å². The number of thiazole rings is 1. The van der Waals surface area contributed by atoms with Crippen LogP contribution in [0.2, 0.25) is 5.02 Å². The fourth-order valence-corrected chi connectivity index (χ4v) is 5.00. The molecule has 1 aliphatic rings. The Bertz CT molecular complexity index is 1130. The van der Waals surface area contributed by atoms with Gasteiger partial charge in [0.05, 0.1) is 34.2 Å². The number of aryl methyl sites for hydroxylation is 2. The van der Waals surface area contributed by atoms with Crippen LogP contribution in [0, 0.1) is 13.8 Å². The fourth-order valence-electron chi connectivity index (χ4n) is 3.90. The Morgan fingerprint density at radius 2 is 2.00 bits per heavy atom. The van der Waals surface area contributed by atoms with E-state index in [4.69, 9.17) is 16.3 Å². The van der Waals surface area contributed by atoms with Crippen LogP contribution in [0.25, 0.3) is 0 Å². The Balaban J connectivity index is 1.41. The van der Waals surface area contributed by atoms with Crippen molar-refractivity contribution in [3.05, 3.63) is 62.5 Å². The SMILES string of the molecule is COCCN1CCN(c2cc(Cc3ncc(C(=O)Nc4c(C)cccc4Cl)s3)nc(C)n2)CC1. The van der Waals surface area contributed by atoms with Crippen molar-refractivity contribution in [3.8, 4) is 0 Å². The molecular weight excluding hydrogens is 472 g/mol. The number of benzene rings is 1. The smallest absolute Gasteiger partial charge is 0.267 e. The number of carbonyl (C=O) groups is 1. The molecular formula is C24H29ClN6O2S. The molecule has 0 unspecified atom stereocenters. The minimum Gasteiger partial charge on any atom is -0.383 e. The highest BCUT2D eigenvalue weighted by molar-refractivity contribution is 7.13. The molecule has 1 fully saturated rings. The van der Waals surface area contributed by atoms with Gasteiger partial charge in [-0.1, -0.05) is 23.7 Å². The zero-order valence-corrected chi connectivity index (χ0v) is 21.2. The van der Waals surface area contributed by atoms with Crippen LogP contribution in [0.15, 0.2) is 30.5 Å². The van der Waals surface area contributed by atoms with Crippen molar-refractivity contribution in [2.45, 2.75) is 20.3 Å². The van der Waals surface area contributed by atoms with E-state index in [9.17, 15) is 4.79 Å². The maximum absolute atomic E-state index is 12.7. The van der Waals surface area contributed by atoms with Gasteiger partial charge in [-0.15, -0.1) is 11.3 Å². The minimum atomic E-state index is -0.217. The Morgan fingerprint density at radius 1 is 1.21 bits per heavy atom. The van der Waals surface area contributed by atoms with Crippen molar-refractivity contribution in [1.29, 1.82) is 0 Å². The first-order chi connectivity index (χ1) is 16.4. The largest absolute Gasteiger partial charge is 0.383 e. The first-order valence-corrected chi connectivity index (χ1v) is 12.4. The summed E-state index contributed by atoms with van der Waals surface area (Å²) in [7, 11) is 1.74. The summed E-state index contributed by atoms with van der Waals surface area (Å²) in [6, 6.07) is 7.56. The highest BCUT2D eigenvalue weighted by atomic mass is 35.5. The Labute approximate surface area is 209 Å². The number of carbonyl (C=O) groups excluding carboxylic acids is 1. The summed E-state index contributed by atoms with van der Waals surface area (Å²) in [5.74, 6) is 1.46. The van der Waals surface area contributed by atoms with Gasteiger partial charge in [-0.25, -0.2) is 15.0 Å². The second-order valence-corrected chi connectivity index (χ2v) is 9.79. The molecule has 0 bridgehead atoms. The molecule has 3 heterocycles. The van der Waals surface area contributed by atoms with Gasteiger partial charge in [0, 0.05) is 52.3 Å².